The molecule has 0 fully saturated rings. The van der Waals surface area contributed by atoms with Crippen molar-refractivity contribution < 1.29 is 22.4 Å². The highest BCUT2D eigenvalue weighted by Gasteiger charge is 2.21. The number of ether oxygens (including phenoxy) is 1. The van der Waals surface area contributed by atoms with Gasteiger partial charge in [-0.05, 0) is 23.9 Å². The van der Waals surface area contributed by atoms with Crippen molar-refractivity contribution in [2.75, 3.05) is 13.4 Å². The fourth-order valence-electron chi connectivity index (χ4n) is 1.18. The molecule has 0 bridgehead atoms. The third-order valence-corrected chi connectivity index (χ3v) is 3.24. The van der Waals surface area contributed by atoms with Gasteiger partial charge in [-0.3, -0.25) is 4.79 Å². The van der Waals surface area contributed by atoms with E-state index in [1.807, 2.05) is 0 Å². The molecule has 17 heavy (non-hydrogen) atoms. The number of sulfone groups is 1. The van der Waals surface area contributed by atoms with Crippen molar-refractivity contribution in [3.63, 3.8) is 0 Å². The first-order valence-electron chi connectivity index (χ1n) is 4.61. The number of rotatable bonds is 5. The summed E-state index contributed by atoms with van der Waals surface area (Å²) < 4.78 is 31.9. The second-order valence-electron chi connectivity index (χ2n) is 3.38. The summed E-state index contributed by atoms with van der Waals surface area (Å²) in [7, 11) is -2.16. The van der Waals surface area contributed by atoms with Crippen molar-refractivity contribution in [1.29, 1.82) is 0 Å². The number of furan rings is 1. The largest absolute Gasteiger partial charge is 0.468 e. The summed E-state index contributed by atoms with van der Waals surface area (Å²) in [5, 5.41) is -0.148. The first-order chi connectivity index (χ1) is 7.88. The van der Waals surface area contributed by atoms with E-state index in [9.17, 15) is 13.2 Å². The Balaban J connectivity index is 2.82. The maximum absolute atomic E-state index is 11.2. The summed E-state index contributed by atoms with van der Waals surface area (Å²) in [4.78, 5) is 13.5. The van der Waals surface area contributed by atoms with Crippen molar-refractivity contribution in [2.45, 2.75) is 17.6 Å². The molecule has 0 unspecified atom stereocenters. The average molecular weight is 282 g/mol. The van der Waals surface area contributed by atoms with Gasteiger partial charge in [0.1, 0.15) is 11.8 Å². The van der Waals surface area contributed by atoms with Crippen molar-refractivity contribution in [1.82, 2.24) is 4.84 Å². The molecular weight excluding hydrogens is 270 g/mol. The molecular formula is C9H12ClNO5S. The highest BCUT2D eigenvalue weighted by Crippen LogP contribution is 2.15. The number of carbonyl (C=O) groups excluding carboxylic acids is 1. The molecule has 0 spiro atoms. The second kappa shape index (κ2) is 5.52. The smallest absolute Gasteiger partial charge is 0.324 e. The zero-order valence-electron chi connectivity index (χ0n) is 9.27. The highest BCUT2D eigenvalue weighted by molar-refractivity contribution is 7.90. The lowest BCUT2D eigenvalue weighted by atomic mass is 10.2. The van der Waals surface area contributed by atoms with E-state index in [4.69, 9.17) is 16.2 Å². The summed E-state index contributed by atoms with van der Waals surface area (Å²) in [6, 6.07) is 2.01. The van der Waals surface area contributed by atoms with Gasteiger partial charge in [0.25, 0.3) is 0 Å². The van der Waals surface area contributed by atoms with Crippen LogP contribution in [-0.2, 0) is 25.8 Å². The average Bonchev–Trinajstić information content (AvgIpc) is 2.73. The summed E-state index contributed by atoms with van der Waals surface area (Å²) in [5.41, 5.74) is 0. The van der Waals surface area contributed by atoms with Crippen molar-refractivity contribution in [3.05, 3.63) is 17.9 Å². The lowest BCUT2D eigenvalue weighted by Crippen LogP contribution is -2.33. The maximum atomic E-state index is 11.2. The molecule has 96 valence electrons. The predicted octanol–water partition coefficient (Wildman–Crippen LogP) is 0.511. The molecule has 0 aliphatic rings. The standard InChI is InChI=1S/C9H12ClNO5S/c1-15-9(12)7(11-10)5-6-3-4-8(16-6)17(2,13)14/h3-4,7,11H,5H2,1-2H3/t7-/m0/s1. The predicted molar refractivity (Wildman–Crippen MR) is 60.3 cm³/mol. The number of methoxy groups -OCH3 is 1. The first-order valence-corrected chi connectivity index (χ1v) is 6.88. The van der Waals surface area contributed by atoms with Crippen LogP contribution in [0.1, 0.15) is 5.76 Å². The molecule has 1 N–H and O–H groups in total. The minimum atomic E-state index is -3.39. The van der Waals surface area contributed by atoms with Crippen LogP contribution >= 0.6 is 11.8 Å². The number of esters is 1. The quantitative estimate of drug-likeness (QED) is 0.625. The fraction of sp³-hybridized carbons (Fsp3) is 0.444. The van der Waals surface area contributed by atoms with E-state index in [1.165, 1.54) is 19.2 Å². The Morgan fingerprint density at radius 1 is 1.59 bits per heavy atom. The molecule has 0 aliphatic heterocycles. The van der Waals surface area contributed by atoms with Gasteiger partial charge >= 0.3 is 5.97 Å². The number of halogens is 1. The molecule has 1 atom stereocenters. The Bertz CT molecular complexity index is 495. The summed E-state index contributed by atoms with van der Waals surface area (Å²) >= 11 is 5.38. The molecule has 1 aromatic rings. The SMILES string of the molecule is COC(=O)[C@H](Cc1ccc(S(C)(=O)=O)o1)NCl. The zero-order chi connectivity index (χ0) is 13.1. The zero-order valence-corrected chi connectivity index (χ0v) is 10.8. The number of carbonyl (C=O) groups is 1. The third-order valence-electron chi connectivity index (χ3n) is 2.03. The molecule has 0 saturated heterocycles. The van der Waals surface area contributed by atoms with Gasteiger partial charge < -0.3 is 9.15 Å². The van der Waals surface area contributed by atoms with Gasteiger partial charge in [0.2, 0.25) is 14.9 Å². The van der Waals surface area contributed by atoms with Crippen molar-refractivity contribution >= 4 is 27.6 Å². The van der Waals surface area contributed by atoms with Crippen LogP contribution in [0, 0.1) is 0 Å². The van der Waals surface area contributed by atoms with Gasteiger partial charge in [0.15, 0.2) is 0 Å². The van der Waals surface area contributed by atoms with Gasteiger partial charge in [-0.1, -0.05) is 0 Å². The lowest BCUT2D eigenvalue weighted by Gasteiger charge is -2.09. The topological polar surface area (TPSA) is 85.6 Å². The van der Waals surface area contributed by atoms with Gasteiger partial charge in [-0.2, -0.15) is 0 Å². The third kappa shape index (κ3) is 3.72. The van der Waals surface area contributed by atoms with Crippen LogP contribution in [0.5, 0.6) is 0 Å². The van der Waals surface area contributed by atoms with Gasteiger partial charge in [-0.25, -0.2) is 13.3 Å². The van der Waals surface area contributed by atoms with Crippen LogP contribution in [0.25, 0.3) is 0 Å². The van der Waals surface area contributed by atoms with E-state index in [0.29, 0.717) is 5.76 Å². The Morgan fingerprint density at radius 3 is 2.65 bits per heavy atom. The molecule has 8 heteroatoms. The molecule has 6 nitrogen and oxygen atoms in total. The molecule has 0 saturated carbocycles. The first kappa shape index (κ1) is 14.0. The Hall–Kier alpha value is -1.05. The molecule has 0 aliphatic carbocycles. The van der Waals surface area contributed by atoms with Gasteiger partial charge in [0, 0.05) is 12.7 Å². The molecule has 0 radical (unpaired) electrons. The number of hydrogen-bond donors (Lipinski definition) is 1. The molecule has 1 aromatic heterocycles. The number of hydrogen-bond acceptors (Lipinski definition) is 6. The van der Waals surface area contributed by atoms with E-state index in [-0.39, 0.29) is 11.5 Å². The van der Waals surface area contributed by atoms with Crippen LogP contribution in [0.2, 0.25) is 0 Å². The Labute approximate surface area is 104 Å². The van der Waals surface area contributed by atoms with Crippen LogP contribution < -0.4 is 4.84 Å². The van der Waals surface area contributed by atoms with E-state index < -0.39 is 21.8 Å². The van der Waals surface area contributed by atoms with E-state index >= 15 is 0 Å². The molecule has 0 aromatic carbocycles. The van der Waals surface area contributed by atoms with Crippen LogP contribution in [0.4, 0.5) is 0 Å². The normalized spacial score (nSPS) is 13.4. The second-order valence-corrected chi connectivity index (χ2v) is 5.55. The minimum absolute atomic E-state index is 0.103. The summed E-state index contributed by atoms with van der Waals surface area (Å²) in [5.74, 6) is -0.230. The molecule has 0 amide bonds. The summed E-state index contributed by atoms with van der Waals surface area (Å²) in [6.45, 7) is 0. The van der Waals surface area contributed by atoms with Crippen LogP contribution in [0.3, 0.4) is 0 Å². The monoisotopic (exact) mass is 281 g/mol. The van der Waals surface area contributed by atoms with Gasteiger partial charge in [-0.15, -0.1) is 0 Å². The van der Waals surface area contributed by atoms with E-state index in [2.05, 4.69) is 9.57 Å². The Kier molecular flexibility index (Phi) is 4.55. The minimum Gasteiger partial charge on any atom is -0.468 e. The summed E-state index contributed by atoms with van der Waals surface area (Å²) in [6.07, 6.45) is 1.14. The van der Waals surface area contributed by atoms with Crippen molar-refractivity contribution in [3.8, 4) is 0 Å². The van der Waals surface area contributed by atoms with Crippen LogP contribution in [0.15, 0.2) is 21.6 Å². The maximum Gasteiger partial charge on any atom is 0.324 e. The lowest BCUT2D eigenvalue weighted by molar-refractivity contribution is -0.142. The Morgan fingerprint density at radius 2 is 2.24 bits per heavy atom. The van der Waals surface area contributed by atoms with E-state index in [0.717, 1.165) is 6.26 Å². The van der Waals surface area contributed by atoms with Crippen molar-refractivity contribution in [2.24, 2.45) is 0 Å². The highest BCUT2D eigenvalue weighted by atomic mass is 35.5. The molecule has 1 rings (SSSR count). The fourth-order valence-corrected chi connectivity index (χ4v) is 1.92. The number of nitrogens with one attached hydrogen (secondary N) is 1. The van der Waals surface area contributed by atoms with Crippen LogP contribution in [-0.4, -0.2) is 33.8 Å². The van der Waals surface area contributed by atoms with E-state index in [1.54, 1.807) is 0 Å². The molecule has 1 heterocycles. The van der Waals surface area contributed by atoms with Gasteiger partial charge in [0.05, 0.1) is 7.11 Å².